The lowest BCUT2D eigenvalue weighted by molar-refractivity contribution is -0.116. The van der Waals surface area contributed by atoms with Crippen LogP contribution in [0.4, 0.5) is 5.69 Å². The number of hydrogen-bond donors (Lipinski definition) is 1. The number of amides is 1. The van der Waals surface area contributed by atoms with E-state index in [-0.39, 0.29) is 29.8 Å². The quantitative estimate of drug-likeness (QED) is 0.509. The van der Waals surface area contributed by atoms with Crippen LogP contribution in [0.5, 0.6) is 0 Å². The Morgan fingerprint density at radius 1 is 0.906 bits per heavy atom. The predicted octanol–water partition coefficient (Wildman–Crippen LogP) is 5.26. The zero-order valence-corrected chi connectivity index (χ0v) is 19.8. The number of aryl methyl sites for hydroxylation is 2. The second kappa shape index (κ2) is 10.1. The average molecular weight is 451 g/mol. The number of para-hydroxylation sites is 1. The summed E-state index contributed by atoms with van der Waals surface area (Å²) in [7, 11) is -3.87. The van der Waals surface area contributed by atoms with Crippen LogP contribution < -0.4 is 5.32 Å². The Morgan fingerprint density at radius 2 is 1.56 bits per heavy atom. The van der Waals surface area contributed by atoms with E-state index in [1.54, 1.807) is 24.3 Å². The number of carbonyl (C=O) groups is 1. The second-order valence-corrected chi connectivity index (χ2v) is 10.3. The van der Waals surface area contributed by atoms with Gasteiger partial charge in [0, 0.05) is 12.2 Å². The summed E-state index contributed by atoms with van der Waals surface area (Å²) in [5, 5.41) is 2.96. The monoisotopic (exact) mass is 450 g/mol. The second-order valence-electron chi connectivity index (χ2n) is 8.31. The maximum atomic E-state index is 13.4. The SMILES string of the molecule is Cc1ccc(S(=O)(=O)N(CC(=O)Nc2c(C)cccc2C(C)C)Cc2ccccc2)cc1. The first kappa shape index (κ1) is 23.7. The van der Waals surface area contributed by atoms with Gasteiger partial charge in [0.05, 0.1) is 11.4 Å². The lowest BCUT2D eigenvalue weighted by atomic mass is 9.98. The average Bonchev–Trinajstić information content (AvgIpc) is 2.75. The van der Waals surface area contributed by atoms with Crippen LogP contribution in [0.25, 0.3) is 0 Å². The van der Waals surface area contributed by atoms with E-state index < -0.39 is 10.0 Å². The van der Waals surface area contributed by atoms with Crippen LogP contribution >= 0.6 is 0 Å². The van der Waals surface area contributed by atoms with Crippen molar-refractivity contribution in [3.63, 3.8) is 0 Å². The molecule has 1 N–H and O–H groups in total. The summed E-state index contributed by atoms with van der Waals surface area (Å²) in [6.07, 6.45) is 0. The standard InChI is InChI=1S/C26H30N2O3S/c1-19(2)24-12-8-9-21(4)26(24)27-25(29)18-28(17-22-10-6-5-7-11-22)32(30,31)23-15-13-20(3)14-16-23/h5-16,19H,17-18H2,1-4H3,(H,27,29). The van der Waals surface area contributed by atoms with Gasteiger partial charge in [-0.05, 0) is 48.6 Å². The topological polar surface area (TPSA) is 66.5 Å². The zero-order chi connectivity index (χ0) is 23.3. The molecular formula is C26H30N2O3S. The highest BCUT2D eigenvalue weighted by molar-refractivity contribution is 7.89. The maximum absolute atomic E-state index is 13.4. The molecule has 6 heteroatoms. The first-order chi connectivity index (χ1) is 15.2. The summed E-state index contributed by atoms with van der Waals surface area (Å²) < 4.78 is 28.1. The molecule has 0 heterocycles. The Labute approximate surface area is 191 Å². The minimum absolute atomic E-state index is 0.106. The third-order valence-corrected chi connectivity index (χ3v) is 7.18. The lowest BCUT2D eigenvalue weighted by Crippen LogP contribution is -2.37. The van der Waals surface area contributed by atoms with E-state index in [1.807, 2.05) is 62.4 Å². The van der Waals surface area contributed by atoms with Gasteiger partial charge < -0.3 is 5.32 Å². The Bertz CT molecular complexity index is 1170. The van der Waals surface area contributed by atoms with Crippen molar-refractivity contribution >= 4 is 21.6 Å². The maximum Gasteiger partial charge on any atom is 0.243 e. The highest BCUT2D eigenvalue weighted by Crippen LogP contribution is 2.27. The smallest absolute Gasteiger partial charge is 0.243 e. The Morgan fingerprint density at radius 3 is 2.19 bits per heavy atom. The molecule has 0 aromatic heterocycles. The van der Waals surface area contributed by atoms with Crippen LogP contribution in [-0.4, -0.2) is 25.2 Å². The molecule has 3 aromatic rings. The highest BCUT2D eigenvalue weighted by Gasteiger charge is 2.27. The first-order valence-electron chi connectivity index (χ1n) is 10.7. The van der Waals surface area contributed by atoms with Crippen LogP contribution in [0.1, 0.15) is 42.0 Å². The molecule has 1 amide bonds. The lowest BCUT2D eigenvalue weighted by Gasteiger charge is -2.23. The molecule has 0 aliphatic rings. The summed E-state index contributed by atoms with van der Waals surface area (Å²) in [6, 6.07) is 21.9. The van der Waals surface area contributed by atoms with E-state index in [1.165, 1.54) is 4.31 Å². The molecule has 0 bridgehead atoms. The van der Waals surface area contributed by atoms with Gasteiger partial charge in [-0.15, -0.1) is 0 Å². The number of nitrogens with zero attached hydrogens (tertiary/aromatic N) is 1. The van der Waals surface area contributed by atoms with Crippen molar-refractivity contribution in [1.82, 2.24) is 4.31 Å². The third kappa shape index (κ3) is 5.64. The van der Waals surface area contributed by atoms with Crippen molar-refractivity contribution in [3.8, 4) is 0 Å². The molecule has 0 radical (unpaired) electrons. The van der Waals surface area contributed by atoms with E-state index >= 15 is 0 Å². The van der Waals surface area contributed by atoms with Gasteiger partial charge in [-0.1, -0.05) is 80.1 Å². The highest BCUT2D eigenvalue weighted by atomic mass is 32.2. The normalized spacial score (nSPS) is 11.7. The molecule has 0 unspecified atom stereocenters. The van der Waals surface area contributed by atoms with Gasteiger partial charge in [0.1, 0.15) is 0 Å². The van der Waals surface area contributed by atoms with Gasteiger partial charge in [-0.25, -0.2) is 8.42 Å². The van der Waals surface area contributed by atoms with E-state index in [0.717, 1.165) is 27.9 Å². The van der Waals surface area contributed by atoms with Gasteiger partial charge in [0.2, 0.25) is 15.9 Å². The molecule has 0 fully saturated rings. The number of nitrogens with one attached hydrogen (secondary N) is 1. The molecule has 3 aromatic carbocycles. The Kier molecular flexibility index (Phi) is 7.48. The molecule has 3 rings (SSSR count). The fourth-order valence-electron chi connectivity index (χ4n) is 3.55. The fraction of sp³-hybridized carbons (Fsp3) is 0.269. The van der Waals surface area contributed by atoms with Crippen LogP contribution in [0.15, 0.2) is 77.7 Å². The molecule has 5 nitrogen and oxygen atoms in total. The molecule has 168 valence electrons. The molecular weight excluding hydrogens is 420 g/mol. The Hall–Kier alpha value is -2.96. The summed E-state index contributed by atoms with van der Waals surface area (Å²) in [5.41, 5.74) is 4.50. The van der Waals surface area contributed by atoms with Crippen LogP contribution in [0, 0.1) is 13.8 Å². The van der Waals surface area contributed by atoms with Gasteiger partial charge >= 0.3 is 0 Å². The van der Waals surface area contributed by atoms with Crippen molar-refractivity contribution in [2.75, 3.05) is 11.9 Å². The van der Waals surface area contributed by atoms with Gasteiger partial charge in [-0.3, -0.25) is 4.79 Å². The third-order valence-electron chi connectivity index (χ3n) is 5.37. The number of carbonyl (C=O) groups excluding carboxylic acids is 1. The summed E-state index contributed by atoms with van der Waals surface area (Å²) in [4.78, 5) is 13.2. The van der Waals surface area contributed by atoms with Crippen LogP contribution in [-0.2, 0) is 21.4 Å². The number of rotatable bonds is 8. The largest absolute Gasteiger partial charge is 0.324 e. The molecule has 0 atom stereocenters. The molecule has 0 saturated heterocycles. The summed E-state index contributed by atoms with van der Waals surface area (Å²) >= 11 is 0. The summed E-state index contributed by atoms with van der Waals surface area (Å²) in [5.74, 6) is -0.144. The minimum Gasteiger partial charge on any atom is -0.324 e. The number of sulfonamides is 1. The zero-order valence-electron chi connectivity index (χ0n) is 19.0. The molecule has 0 aliphatic carbocycles. The molecule has 0 saturated carbocycles. The van der Waals surface area contributed by atoms with Crippen molar-refractivity contribution in [2.24, 2.45) is 0 Å². The van der Waals surface area contributed by atoms with Gasteiger partial charge in [0.25, 0.3) is 0 Å². The Balaban J connectivity index is 1.91. The summed E-state index contributed by atoms with van der Waals surface area (Å²) in [6.45, 7) is 7.79. The first-order valence-corrected chi connectivity index (χ1v) is 12.1. The van der Waals surface area contributed by atoms with E-state index in [0.29, 0.717) is 0 Å². The number of anilines is 1. The van der Waals surface area contributed by atoms with Crippen molar-refractivity contribution < 1.29 is 13.2 Å². The van der Waals surface area contributed by atoms with Gasteiger partial charge in [-0.2, -0.15) is 4.31 Å². The van der Waals surface area contributed by atoms with E-state index in [2.05, 4.69) is 19.2 Å². The van der Waals surface area contributed by atoms with Crippen molar-refractivity contribution in [2.45, 2.75) is 45.1 Å². The fourth-order valence-corrected chi connectivity index (χ4v) is 4.94. The van der Waals surface area contributed by atoms with Crippen LogP contribution in [0.2, 0.25) is 0 Å². The van der Waals surface area contributed by atoms with Gasteiger partial charge in [0.15, 0.2) is 0 Å². The molecule has 0 spiro atoms. The molecule has 0 aliphatic heterocycles. The van der Waals surface area contributed by atoms with Crippen molar-refractivity contribution in [3.05, 3.63) is 95.1 Å². The van der Waals surface area contributed by atoms with Crippen molar-refractivity contribution in [1.29, 1.82) is 0 Å². The van der Waals surface area contributed by atoms with E-state index in [4.69, 9.17) is 0 Å². The predicted molar refractivity (Wildman–Crippen MR) is 129 cm³/mol. The number of benzene rings is 3. The number of hydrogen-bond acceptors (Lipinski definition) is 3. The van der Waals surface area contributed by atoms with Crippen LogP contribution in [0.3, 0.4) is 0 Å². The van der Waals surface area contributed by atoms with E-state index in [9.17, 15) is 13.2 Å². The molecule has 32 heavy (non-hydrogen) atoms. The minimum atomic E-state index is -3.87.